The van der Waals surface area contributed by atoms with E-state index < -0.39 is 0 Å². The fourth-order valence-corrected chi connectivity index (χ4v) is 1.72. The molecular formula is C13H18BrNO. The molecule has 0 radical (unpaired) electrons. The van der Waals surface area contributed by atoms with E-state index in [1.54, 1.807) is 0 Å². The van der Waals surface area contributed by atoms with Crippen LogP contribution in [-0.4, -0.2) is 16.8 Å². The van der Waals surface area contributed by atoms with Crippen molar-refractivity contribution < 1.29 is 4.79 Å². The van der Waals surface area contributed by atoms with Crippen LogP contribution in [0.2, 0.25) is 0 Å². The Bertz CT molecular complexity index is 379. The maximum atomic E-state index is 12.1. The first kappa shape index (κ1) is 13.2. The first-order valence-electron chi connectivity index (χ1n) is 5.32. The average Bonchev–Trinajstić information content (AvgIpc) is 2.16. The van der Waals surface area contributed by atoms with E-state index in [1.807, 2.05) is 45.9 Å². The molecule has 1 aromatic carbocycles. The number of aryl methyl sites for hydroxylation is 2. The molecule has 1 rings (SSSR count). The molecule has 0 aromatic heterocycles. The number of hydrogen-bond acceptors (Lipinski definition) is 1. The van der Waals surface area contributed by atoms with Crippen LogP contribution < -0.4 is 5.32 Å². The molecule has 0 aliphatic rings. The molecule has 88 valence electrons. The molecule has 0 aliphatic heterocycles. The fraction of sp³-hybridized carbons (Fsp3) is 0.462. The number of halogens is 1. The van der Waals surface area contributed by atoms with Gasteiger partial charge in [-0.25, -0.2) is 0 Å². The molecule has 1 N–H and O–H groups in total. The highest BCUT2D eigenvalue weighted by atomic mass is 79.9. The van der Waals surface area contributed by atoms with Crippen LogP contribution in [0, 0.1) is 13.8 Å². The van der Waals surface area contributed by atoms with Crippen LogP contribution in [0.1, 0.15) is 35.3 Å². The van der Waals surface area contributed by atoms with E-state index in [1.165, 1.54) is 0 Å². The van der Waals surface area contributed by atoms with Gasteiger partial charge in [0.05, 0.1) is 0 Å². The Balaban J connectivity index is 2.98. The Labute approximate surface area is 106 Å². The highest BCUT2D eigenvalue weighted by Crippen LogP contribution is 2.15. The van der Waals surface area contributed by atoms with Gasteiger partial charge in [0, 0.05) is 16.4 Å². The van der Waals surface area contributed by atoms with Crippen LogP contribution in [0.3, 0.4) is 0 Å². The van der Waals surface area contributed by atoms with E-state index in [-0.39, 0.29) is 11.4 Å². The van der Waals surface area contributed by atoms with E-state index >= 15 is 0 Å². The van der Waals surface area contributed by atoms with Gasteiger partial charge < -0.3 is 5.32 Å². The zero-order valence-corrected chi connectivity index (χ0v) is 11.8. The first-order valence-corrected chi connectivity index (χ1v) is 6.44. The van der Waals surface area contributed by atoms with Gasteiger partial charge in [0.1, 0.15) is 0 Å². The second-order valence-electron chi connectivity index (χ2n) is 4.74. The third-order valence-corrected chi connectivity index (χ3v) is 3.90. The number of nitrogens with one attached hydrogen (secondary N) is 1. The van der Waals surface area contributed by atoms with Gasteiger partial charge >= 0.3 is 0 Å². The SMILES string of the molecule is Cc1cccc(C)c1C(=O)NC(C)(C)CBr. The third-order valence-electron chi connectivity index (χ3n) is 2.49. The molecule has 0 unspecified atom stereocenters. The molecular weight excluding hydrogens is 266 g/mol. The standard InChI is InChI=1S/C13H18BrNO/c1-9-6-5-7-10(2)11(9)12(16)15-13(3,4)8-14/h5-7H,8H2,1-4H3,(H,15,16). The van der Waals surface area contributed by atoms with Crippen LogP contribution in [0.15, 0.2) is 18.2 Å². The van der Waals surface area contributed by atoms with Crippen molar-refractivity contribution in [2.45, 2.75) is 33.2 Å². The summed E-state index contributed by atoms with van der Waals surface area (Å²) in [4.78, 5) is 12.1. The molecule has 0 aliphatic carbocycles. The molecule has 16 heavy (non-hydrogen) atoms. The maximum absolute atomic E-state index is 12.1. The third kappa shape index (κ3) is 3.08. The topological polar surface area (TPSA) is 29.1 Å². The van der Waals surface area contributed by atoms with Gasteiger partial charge in [0.15, 0.2) is 0 Å². The van der Waals surface area contributed by atoms with Crippen molar-refractivity contribution in [1.29, 1.82) is 0 Å². The molecule has 0 heterocycles. The summed E-state index contributed by atoms with van der Waals surface area (Å²) in [7, 11) is 0. The summed E-state index contributed by atoms with van der Waals surface area (Å²) in [6.07, 6.45) is 0. The molecule has 0 spiro atoms. The molecule has 2 nitrogen and oxygen atoms in total. The first-order chi connectivity index (χ1) is 7.37. The van der Waals surface area contributed by atoms with E-state index in [4.69, 9.17) is 0 Å². The highest BCUT2D eigenvalue weighted by molar-refractivity contribution is 9.09. The molecule has 0 bridgehead atoms. The van der Waals surface area contributed by atoms with Gasteiger partial charge in [0.25, 0.3) is 5.91 Å². The maximum Gasteiger partial charge on any atom is 0.252 e. The fourth-order valence-electron chi connectivity index (χ4n) is 1.58. The number of alkyl halides is 1. The predicted molar refractivity (Wildman–Crippen MR) is 71.3 cm³/mol. The van der Waals surface area contributed by atoms with Crippen LogP contribution in [0.5, 0.6) is 0 Å². The molecule has 0 saturated heterocycles. The lowest BCUT2D eigenvalue weighted by molar-refractivity contribution is 0.0920. The van der Waals surface area contributed by atoms with Crippen molar-refractivity contribution in [3.63, 3.8) is 0 Å². The van der Waals surface area contributed by atoms with Gasteiger partial charge in [-0.2, -0.15) is 0 Å². The zero-order chi connectivity index (χ0) is 12.3. The van der Waals surface area contributed by atoms with Gasteiger partial charge in [-0.3, -0.25) is 4.79 Å². The van der Waals surface area contributed by atoms with E-state index in [9.17, 15) is 4.79 Å². The Hall–Kier alpha value is -0.830. The summed E-state index contributed by atoms with van der Waals surface area (Å²) in [6, 6.07) is 5.89. The molecule has 1 amide bonds. The summed E-state index contributed by atoms with van der Waals surface area (Å²) in [5, 5.41) is 3.75. The lowest BCUT2D eigenvalue weighted by Crippen LogP contribution is -2.45. The van der Waals surface area contributed by atoms with Crippen molar-refractivity contribution in [1.82, 2.24) is 5.32 Å². The van der Waals surface area contributed by atoms with Gasteiger partial charge in [-0.1, -0.05) is 34.1 Å². The highest BCUT2D eigenvalue weighted by Gasteiger charge is 2.21. The number of amides is 1. The molecule has 0 atom stereocenters. The van der Waals surface area contributed by atoms with Crippen molar-refractivity contribution in [2.75, 3.05) is 5.33 Å². The van der Waals surface area contributed by atoms with Crippen LogP contribution in [0.25, 0.3) is 0 Å². The van der Waals surface area contributed by atoms with Gasteiger partial charge in [0.2, 0.25) is 0 Å². The number of rotatable bonds is 3. The predicted octanol–water partition coefficient (Wildman–Crippen LogP) is 3.21. The van der Waals surface area contributed by atoms with Crippen molar-refractivity contribution in [2.24, 2.45) is 0 Å². The lowest BCUT2D eigenvalue weighted by atomic mass is 10.0. The Morgan fingerprint density at radius 3 is 2.25 bits per heavy atom. The summed E-state index contributed by atoms with van der Waals surface area (Å²) < 4.78 is 0. The van der Waals surface area contributed by atoms with Crippen LogP contribution in [0.4, 0.5) is 0 Å². The smallest absolute Gasteiger partial charge is 0.252 e. The van der Waals surface area contributed by atoms with Crippen LogP contribution >= 0.6 is 15.9 Å². The summed E-state index contributed by atoms with van der Waals surface area (Å²) in [5.74, 6) is 0.0000463. The summed E-state index contributed by atoms with van der Waals surface area (Å²) in [5.41, 5.74) is 2.59. The summed E-state index contributed by atoms with van der Waals surface area (Å²) in [6.45, 7) is 7.91. The Morgan fingerprint density at radius 1 is 1.31 bits per heavy atom. The summed E-state index contributed by atoms with van der Waals surface area (Å²) >= 11 is 3.39. The zero-order valence-electron chi connectivity index (χ0n) is 10.2. The molecule has 0 saturated carbocycles. The van der Waals surface area contributed by atoms with E-state index in [0.717, 1.165) is 22.0 Å². The second kappa shape index (κ2) is 5.00. The normalized spacial score (nSPS) is 11.3. The lowest BCUT2D eigenvalue weighted by Gasteiger charge is -2.24. The monoisotopic (exact) mass is 283 g/mol. The molecule has 0 fully saturated rings. The molecule has 3 heteroatoms. The quantitative estimate of drug-likeness (QED) is 0.848. The minimum absolute atomic E-state index is 0.0000463. The van der Waals surface area contributed by atoms with Crippen LogP contribution in [-0.2, 0) is 0 Å². The number of carbonyl (C=O) groups is 1. The van der Waals surface area contributed by atoms with E-state index in [2.05, 4.69) is 21.2 Å². The van der Waals surface area contributed by atoms with Crippen molar-refractivity contribution in [3.8, 4) is 0 Å². The Morgan fingerprint density at radius 2 is 1.81 bits per heavy atom. The van der Waals surface area contributed by atoms with Gasteiger partial charge in [-0.05, 0) is 38.8 Å². The van der Waals surface area contributed by atoms with E-state index in [0.29, 0.717) is 0 Å². The minimum Gasteiger partial charge on any atom is -0.346 e. The minimum atomic E-state index is -0.230. The second-order valence-corrected chi connectivity index (χ2v) is 5.30. The van der Waals surface area contributed by atoms with Gasteiger partial charge in [-0.15, -0.1) is 0 Å². The average molecular weight is 284 g/mol. The Kier molecular flexibility index (Phi) is 4.14. The largest absolute Gasteiger partial charge is 0.346 e. The number of benzene rings is 1. The molecule has 1 aromatic rings. The van der Waals surface area contributed by atoms with Crippen molar-refractivity contribution >= 4 is 21.8 Å². The number of hydrogen-bond donors (Lipinski definition) is 1. The van der Waals surface area contributed by atoms with Crippen molar-refractivity contribution in [3.05, 3.63) is 34.9 Å². The number of carbonyl (C=O) groups excluding carboxylic acids is 1.